The van der Waals surface area contributed by atoms with Crippen molar-refractivity contribution in [1.82, 2.24) is 14.8 Å². The van der Waals surface area contributed by atoms with Crippen LogP contribution in [0.1, 0.15) is 24.3 Å². The topological polar surface area (TPSA) is 39.3 Å². The van der Waals surface area contributed by atoms with Gasteiger partial charge in [0, 0.05) is 47.6 Å². The molecule has 112 valence electrons. The van der Waals surface area contributed by atoms with Crippen LogP contribution >= 0.6 is 15.9 Å². The number of carbonyl (C=O) groups excluding carboxylic acids is 1. The molecule has 0 bridgehead atoms. The van der Waals surface area contributed by atoms with E-state index in [1.54, 1.807) is 0 Å². The van der Waals surface area contributed by atoms with Crippen LogP contribution in [0.15, 0.2) is 28.7 Å². The van der Waals surface area contributed by atoms with Crippen molar-refractivity contribution in [3.05, 3.63) is 34.4 Å². The normalized spacial score (nSPS) is 16.9. The molecule has 2 aromatic rings. The first kappa shape index (κ1) is 14.6. The number of benzene rings is 1. The van der Waals surface area contributed by atoms with Gasteiger partial charge in [0.15, 0.2) is 0 Å². The number of aromatic amines is 1. The highest BCUT2D eigenvalue weighted by Gasteiger charge is 2.24. The fourth-order valence-corrected chi connectivity index (χ4v) is 3.21. The standard InChI is InChI=1S/C16H20BrN3O/c1-11(2)19-5-7-20(8-6-19)16(21)15-10-12-9-13(17)3-4-14(12)18-15/h3-4,9-11,18H,5-8H2,1-2H3. The van der Waals surface area contributed by atoms with Crippen molar-refractivity contribution in [2.24, 2.45) is 0 Å². The molecule has 1 aromatic heterocycles. The number of hydrogen-bond acceptors (Lipinski definition) is 2. The quantitative estimate of drug-likeness (QED) is 0.904. The third kappa shape index (κ3) is 2.99. The number of rotatable bonds is 2. The molecule has 2 heterocycles. The van der Waals surface area contributed by atoms with Gasteiger partial charge in [-0.1, -0.05) is 15.9 Å². The zero-order chi connectivity index (χ0) is 15.0. The highest BCUT2D eigenvalue weighted by molar-refractivity contribution is 9.10. The van der Waals surface area contributed by atoms with Crippen LogP contribution in [0, 0.1) is 0 Å². The van der Waals surface area contributed by atoms with E-state index in [1.165, 1.54) is 0 Å². The zero-order valence-corrected chi connectivity index (χ0v) is 14.0. The van der Waals surface area contributed by atoms with Crippen molar-refractivity contribution >= 4 is 32.7 Å². The SMILES string of the molecule is CC(C)N1CCN(C(=O)c2cc3cc(Br)ccc3[nH]2)CC1. The van der Waals surface area contributed by atoms with Crippen LogP contribution in [-0.4, -0.2) is 52.9 Å². The van der Waals surface area contributed by atoms with Crippen molar-refractivity contribution < 1.29 is 4.79 Å². The van der Waals surface area contributed by atoms with Crippen LogP contribution in [0.3, 0.4) is 0 Å². The molecule has 1 aromatic carbocycles. The number of carbonyl (C=O) groups is 1. The molecule has 1 N–H and O–H groups in total. The number of fused-ring (bicyclic) bond motifs is 1. The minimum absolute atomic E-state index is 0.103. The summed E-state index contributed by atoms with van der Waals surface area (Å²) in [7, 11) is 0. The fourth-order valence-electron chi connectivity index (χ4n) is 2.83. The predicted octanol–water partition coefficient (Wildman–Crippen LogP) is 3.10. The summed E-state index contributed by atoms with van der Waals surface area (Å²) < 4.78 is 1.03. The Labute approximate surface area is 133 Å². The summed E-state index contributed by atoms with van der Waals surface area (Å²) in [6.45, 7) is 7.91. The highest BCUT2D eigenvalue weighted by Crippen LogP contribution is 2.21. The molecule has 0 saturated carbocycles. The lowest BCUT2D eigenvalue weighted by molar-refractivity contribution is 0.0591. The van der Waals surface area contributed by atoms with Crippen LogP contribution in [0.2, 0.25) is 0 Å². The Kier molecular flexibility index (Phi) is 4.04. The number of nitrogens with zero attached hydrogens (tertiary/aromatic N) is 2. The van der Waals surface area contributed by atoms with Gasteiger partial charge in [0.05, 0.1) is 0 Å². The molecule has 4 nitrogen and oxygen atoms in total. The van der Waals surface area contributed by atoms with E-state index in [2.05, 4.69) is 39.7 Å². The summed E-state index contributed by atoms with van der Waals surface area (Å²) in [4.78, 5) is 20.2. The third-order valence-corrected chi connectivity index (χ3v) is 4.64. The van der Waals surface area contributed by atoms with Crippen molar-refractivity contribution in [2.45, 2.75) is 19.9 Å². The molecule has 0 radical (unpaired) electrons. The van der Waals surface area contributed by atoms with Crippen molar-refractivity contribution in [3.8, 4) is 0 Å². The molecule has 1 saturated heterocycles. The summed E-state index contributed by atoms with van der Waals surface area (Å²) in [5, 5.41) is 1.06. The van der Waals surface area contributed by atoms with E-state index in [9.17, 15) is 4.79 Å². The molecule has 3 rings (SSSR count). The summed E-state index contributed by atoms with van der Waals surface area (Å²) in [6, 6.07) is 8.49. The second-order valence-electron chi connectivity index (χ2n) is 5.84. The minimum Gasteiger partial charge on any atom is -0.351 e. The Morgan fingerprint density at radius 3 is 2.57 bits per heavy atom. The first-order valence-corrected chi connectivity index (χ1v) is 8.15. The lowest BCUT2D eigenvalue weighted by Crippen LogP contribution is -2.50. The lowest BCUT2D eigenvalue weighted by atomic mass is 10.2. The Morgan fingerprint density at radius 2 is 1.90 bits per heavy atom. The van der Waals surface area contributed by atoms with E-state index in [0.717, 1.165) is 41.6 Å². The molecule has 1 aliphatic heterocycles. The van der Waals surface area contributed by atoms with Crippen LogP contribution in [-0.2, 0) is 0 Å². The van der Waals surface area contributed by atoms with Crippen LogP contribution in [0.5, 0.6) is 0 Å². The van der Waals surface area contributed by atoms with E-state index in [1.807, 2.05) is 29.2 Å². The minimum atomic E-state index is 0.103. The Hall–Kier alpha value is -1.33. The lowest BCUT2D eigenvalue weighted by Gasteiger charge is -2.36. The van der Waals surface area contributed by atoms with Gasteiger partial charge < -0.3 is 9.88 Å². The van der Waals surface area contributed by atoms with Crippen LogP contribution in [0.25, 0.3) is 10.9 Å². The van der Waals surface area contributed by atoms with Crippen LogP contribution < -0.4 is 0 Å². The van der Waals surface area contributed by atoms with Gasteiger partial charge in [0.1, 0.15) is 5.69 Å². The molecule has 0 spiro atoms. The summed E-state index contributed by atoms with van der Waals surface area (Å²) in [6.07, 6.45) is 0. The summed E-state index contributed by atoms with van der Waals surface area (Å²) in [5.41, 5.74) is 1.68. The fraction of sp³-hybridized carbons (Fsp3) is 0.438. The van der Waals surface area contributed by atoms with Gasteiger partial charge in [0.25, 0.3) is 5.91 Å². The number of nitrogens with one attached hydrogen (secondary N) is 1. The van der Waals surface area contributed by atoms with Crippen molar-refractivity contribution in [3.63, 3.8) is 0 Å². The molecule has 21 heavy (non-hydrogen) atoms. The Balaban J connectivity index is 1.75. The molecule has 0 atom stereocenters. The number of hydrogen-bond donors (Lipinski definition) is 1. The van der Waals surface area contributed by atoms with Gasteiger partial charge in [-0.3, -0.25) is 9.69 Å². The van der Waals surface area contributed by atoms with Gasteiger partial charge in [-0.05, 0) is 38.1 Å². The Morgan fingerprint density at radius 1 is 1.19 bits per heavy atom. The molecular weight excluding hydrogens is 330 g/mol. The maximum absolute atomic E-state index is 12.6. The molecular formula is C16H20BrN3O. The number of aromatic nitrogens is 1. The molecule has 1 amide bonds. The molecule has 5 heteroatoms. The number of H-pyrrole nitrogens is 1. The number of halogens is 1. The zero-order valence-electron chi connectivity index (χ0n) is 12.4. The smallest absolute Gasteiger partial charge is 0.270 e. The van der Waals surface area contributed by atoms with Crippen molar-refractivity contribution in [1.29, 1.82) is 0 Å². The molecule has 1 aliphatic rings. The van der Waals surface area contributed by atoms with E-state index >= 15 is 0 Å². The molecule has 1 fully saturated rings. The first-order valence-electron chi connectivity index (χ1n) is 7.36. The largest absolute Gasteiger partial charge is 0.351 e. The highest BCUT2D eigenvalue weighted by atomic mass is 79.9. The van der Waals surface area contributed by atoms with E-state index in [4.69, 9.17) is 0 Å². The van der Waals surface area contributed by atoms with Gasteiger partial charge in [0.2, 0.25) is 0 Å². The monoisotopic (exact) mass is 349 g/mol. The van der Waals surface area contributed by atoms with E-state index in [-0.39, 0.29) is 5.91 Å². The number of piperazine rings is 1. The number of amides is 1. The summed E-state index contributed by atoms with van der Waals surface area (Å²) >= 11 is 3.46. The van der Waals surface area contributed by atoms with Gasteiger partial charge >= 0.3 is 0 Å². The van der Waals surface area contributed by atoms with Crippen LogP contribution in [0.4, 0.5) is 0 Å². The molecule has 0 aliphatic carbocycles. The first-order chi connectivity index (χ1) is 10.0. The van der Waals surface area contributed by atoms with E-state index < -0.39 is 0 Å². The van der Waals surface area contributed by atoms with E-state index in [0.29, 0.717) is 11.7 Å². The molecule has 0 unspecified atom stereocenters. The maximum Gasteiger partial charge on any atom is 0.270 e. The summed E-state index contributed by atoms with van der Waals surface area (Å²) in [5.74, 6) is 0.103. The maximum atomic E-state index is 12.6. The second kappa shape index (κ2) is 5.81. The second-order valence-corrected chi connectivity index (χ2v) is 6.75. The van der Waals surface area contributed by atoms with Crippen molar-refractivity contribution in [2.75, 3.05) is 26.2 Å². The van der Waals surface area contributed by atoms with Gasteiger partial charge in [-0.2, -0.15) is 0 Å². The van der Waals surface area contributed by atoms with Gasteiger partial charge in [-0.15, -0.1) is 0 Å². The van der Waals surface area contributed by atoms with Gasteiger partial charge in [-0.25, -0.2) is 0 Å². The average molecular weight is 350 g/mol. The third-order valence-electron chi connectivity index (χ3n) is 4.14. The average Bonchev–Trinajstić information content (AvgIpc) is 2.89. The predicted molar refractivity (Wildman–Crippen MR) is 88.6 cm³/mol. The Bertz CT molecular complexity index is 657.